The van der Waals surface area contributed by atoms with Gasteiger partial charge in [-0.2, -0.15) is 0 Å². The van der Waals surface area contributed by atoms with Crippen LogP contribution >= 0.6 is 11.8 Å². The van der Waals surface area contributed by atoms with Crippen molar-refractivity contribution in [3.8, 4) is 0 Å². The van der Waals surface area contributed by atoms with Gasteiger partial charge in [-0.25, -0.2) is 4.79 Å². The van der Waals surface area contributed by atoms with Crippen LogP contribution in [-0.4, -0.2) is 24.6 Å². The van der Waals surface area contributed by atoms with E-state index in [-0.39, 0.29) is 17.6 Å². The molecule has 2 rings (SSSR count). The van der Waals surface area contributed by atoms with Gasteiger partial charge in [0.2, 0.25) is 0 Å². The van der Waals surface area contributed by atoms with Crippen LogP contribution in [0.15, 0.2) is 30.3 Å². The standard InChI is InChI=1S/C12H15NO3S/c1-12(9-5-3-2-4-6-9)16-10(8-17-12)7-15-11(13)14/h2-6,10H,7-8H2,1H3,(H2,13,14)/t10-,12+/m0/s1. The smallest absolute Gasteiger partial charge is 0.404 e. The number of carbonyl (C=O) groups excluding carboxylic acids is 1. The molecular formula is C12H15NO3S. The molecule has 92 valence electrons. The summed E-state index contributed by atoms with van der Waals surface area (Å²) in [5.41, 5.74) is 6.04. The van der Waals surface area contributed by atoms with Crippen molar-refractivity contribution < 1.29 is 14.3 Å². The zero-order valence-corrected chi connectivity index (χ0v) is 10.4. The number of carbonyl (C=O) groups is 1. The molecule has 0 radical (unpaired) electrons. The average Bonchev–Trinajstić information content (AvgIpc) is 2.71. The number of amides is 1. The van der Waals surface area contributed by atoms with Crippen LogP contribution in [-0.2, 0) is 14.4 Å². The minimum Gasteiger partial charge on any atom is -0.447 e. The highest BCUT2D eigenvalue weighted by atomic mass is 32.2. The fourth-order valence-electron chi connectivity index (χ4n) is 1.79. The number of rotatable bonds is 3. The normalized spacial score (nSPS) is 27.9. The summed E-state index contributed by atoms with van der Waals surface area (Å²) in [6.07, 6.45) is -0.857. The Hall–Kier alpha value is -1.20. The maximum atomic E-state index is 10.5. The van der Waals surface area contributed by atoms with Gasteiger partial charge in [-0.15, -0.1) is 11.8 Å². The van der Waals surface area contributed by atoms with Crippen LogP contribution in [0.3, 0.4) is 0 Å². The molecule has 17 heavy (non-hydrogen) atoms. The Labute approximate surface area is 104 Å². The lowest BCUT2D eigenvalue weighted by atomic mass is 10.1. The van der Waals surface area contributed by atoms with E-state index in [0.29, 0.717) is 0 Å². The summed E-state index contributed by atoms with van der Waals surface area (Å²) in [7, 11) is 0. The van der Waals surface area contributed by atoms with Gasteiger partial charge in [0.1, 0.15) is 17.6 Å². The summed E-state index contributed by atoms with van der Waals surface area (Å²) >= 11 is 1.70. The maximum absolute atomic E-state index is 10.5. The third-order valence-corrected chi connectivity index (χ3v) is 4.07. The van der Waals surface area contributed by atoms with Crippen molar-refractivity contribution in [3.63, 3.8) is 0 Å². The Kier molecular flexibility index (Phi) is 3.59. The second kappa shape index (κ2) is 4.98. The molecule has 2 N–H and O–H groups in total. The number of benzene rings is 1. The first kappa shape index (κ1) is 12.3. The largest absolute Gasteiger partial charge is 0.447 e. The lowest BCUT2D eigenvalue weighted by Gasteiger charge is -2.24. The molecule has 4 nitrogen and oxygen atoms in total. The van der Waals surface area contributed by atoms with E-state index in [9.17, 15) is 4.79 Å². The molecule has 0 aliphatic carbocycles. The molecule has 1 aromatic carbocycles. The Bertz CT molecular complexity index is 398. The van der Waals surface area contributed by atoms with Crippen molar-refractivity contribution in [1.29, 1.82) is 0 Å². The van der Waals surface area contributed by atoms with E-state index < -0.39 is 6.09 Å². The molecule has 1 aliphatic rings. The van der Waals surface area contributed by atoms with Crippen LogP contribution in [0.2, 0.25) is 0 Å². The summed E-state index contributed by atoms with van der Waals surface area (Å²) in [5.74, 6) is 0.790. The molecule has 0 bridgehead atoms. The van der Waals surface area contributed by atoms with Crippen molar-refractivity contribution in [2.24, 2.45) is 5.73 Å². The number of hydrogen-bond donors (Lipinski definition) is 1. The van der Waals surface area contributed by atoms with Gasteiger partial charge < -0.3 is 15.2 Å². The van der Waals surface area contributed by atoms with Crippen LogP contribution < -0.4 is 5.73 Å². The predicted molar refractivity (Wildman–Crippen MR) is 66.7 cm³/mol. The first-order valence-electron chi connectivity index (χ1n) is 5.40. The minimum atomic E-state index is -0.757. The Morgan fingerprint density at radius 1 is 1.59 bits per heavy atom. The topological polar surface area (TPSA) is 61.6 Å². The van der Waals surface area contributed by atoms with Gasteiger partial charge in [0.05, 0.1) is 0 Å². The monoisotopic (exact) mass is 253 g/mol. The summed E-state index contributed by atoms with van der Waals surface area (Å²) < 4.78 is 10.7. The highest BCUT2D eigenvalue weighted by Crippen LogP contribution is 2.44. The molecule has 1 heterocycles. The van der Waals surface area contributed by atoms with Crippen LogP contribution in [0.5, 0.6) is 0 Å². The number of nitrogens with two attached hydrogens (primary N) is 1. The highest BCUT2D eigenvalue weighted by molar-refractivity contribution is 8.00. The van der Waals surface area contributed by atoms with Crippen molar-refractivity contribution in [2.75, 3.05) is 12.4 Å². The maximum Gasteiger partial charge on any atom is 0.404 e. The fourth-order valence-corrected chi connectivity index (χ4v) is 2.96. The van der Waals surface area contributed by atoms with Gasteiger partial charge in [0.25, 0.3) is 0 Å². The van der Waals surface area contributed by atoms with E-state index in [1.54, 1.807) is 11.8 Å². The van der Waals surface area contributed by atoms with E-state index in [2.05, 4.69) is 0 Å². The number of hydrogen-bond acceptors (Lipinski definition) is 4. The molecule has 2 atom stereocenters. The summed E-state index contributed by atoms with van der Waals surface area (Å²) in [4.78, 5) is 10.2. The summed E-state index contributed by atoms with van der Waals surface area (Å²) in [6.45, 7) is 2.24. The third-order valence-electron chi connectivity index (χ3n) is 2.65. The second-order valence-corrected chi connectivity index (χ2v) is 5.39. The van der Waals surface area contributed by atoms with Crippen LogP contribution in [0, 0.1) is 0 Å². The van der Waals surface area contributed by atoms with Gasteiger partial charge in [-0.05, 0) is 12.5 Å². The van der Waals surface area contributed by atoms with Gasteiger partial charge in [0.15, 0.2) is 0 Å². The van der Waals surface area contributed by atoms with Gasteiger partial charge in [-0.3, -0.25) is 0 Å². The molecule has 0 spiro atoms. The summed E-state index contributed by atoms with van der Waals surface area (Å²) in [6, 6.07) is 10.0. The molecule has 1 saturated heterocycles. The molecule has 1 amide bonds. The molecule has 1 aliphatic heterocycles. The molecule has 5 heteroatoms. The van der Waals surface area contributed by atoms with Crippen LogP contribution in [0.1, 0.15) is 12.5 Å². The van der Waals surface area contributed by atoms with E-state index in [1.807, 2.05) is 37.3 Å². The lowest BCUT2D eigenvalue weighted by Crippen LogP contribution is -2.26. The molecule has 1 fully saturated rings. The van der Waals surface area contributed by atoms with Crippen LogP contribution in [0.4, 0.5) is 4.79 Å². The number of ether oxygens (including phenoxy) is 2. The molecule has 0 saturated carbocycles. The fraction of sp³-hybridized carbons (Fsp3) is 0.417. The molecule has 1 aromatic rings. The van der Waals surface area contributed by atoms with Crippen molar-refractivity contribution >= 4 is 17.9 Å². The quantitative estimate of drug-likeness (QED) is 0.896. The average molecular weight is 253 g/mol. The van der Waals surface area contributed by atoms with Crippen molar-refractivity contribution in [2.45, 2.75) is 18.0 Å². The minimum absolute atomic E-state index is 0.0993. The van der Waals surface area contributed by atoms with E-state index in [1.165, 1.54) is 0 Å². The van der Waals surface area contributed by atoms with E-state index in [4.69, 9.17) is 15.2 Å². The van der Waals surface area contributed by atoms with E-state index in [0.717, 1.165) is 11.3 Å². The van der Waals surface area contributed by atoms with Crippen molar-refractivity contribution in [1.82, 2.24) is 0 Å². The summed E-state index contributed by atoms with van der Waals surface area (Å²) in [5, 5.41) is 0. The van der Waals surface area contributed by atoms with E-state index >= 15 is 0 Å². The van der Waals surface area contributed by atoms with Gasteiger partial charge >= 0.3 is 6.09 Å². The molecule has 0 aromatic heterocycles. The lowest BCUT2D eigenvalue weighted by molar-refractivity contribution is -0.0278. The Morgan fingerprint density at radius 2 is 2.29 bits per heavy atom. The first-order chi connectivity index (χ1) is 8.10. The number of thioether (sulfide) groups is 1. The molecular weight excluding hydrogens is 238 g/mol. The van der Waals surface area contributed by atoms with Gasteiger partial charge in [0, 0.05) is 5.75 Å². The van der Waals surface area contributed by atoms with Gasteiger partial charge in [-0.1, -0.05) is 30.3 Å². The Morgan fingerprint density at radius 3 is 2.94 bits per heavy atom. The number of primary amides is 1. The first-order valence-corrected chi connectivity index (χ1v) is 6.38. The second-order valence-electron chi connectivity index (χ2n) is 3.99. The Balaban J connectivity index is 1.99. The SMILES string of the molecule is C[C@@]1(c2ccccc2)O[C@@H](COC(N)=O)CS1. The van der Waals surface area contributed by atoms with Crippen molar-refractivity contribution in [3.05, 3.63) is 35.9 Å². The molecule has 0 unspecified atom stereocenters. The third kappa shape index (κ3) is 2.92. The van der Waals surface area contributed by atoms with Crippen LogP contribution in [0.25, 0.3) is 0 Å². The zero-order valence-electron chi connectivity index (χ0n) is 9.59. The predicted octanol–water partition coefficient (Wildman–Crippen LogP) is 2.09. The zero-order chi connectivity index (χ0) is 12.3. The highest BCUT2D eigenvalue weighted by Gasteiger charge is 2.38.